The van der Waals surface area contributed by atoms with E-state index in [2.05, 4.69) is 15.5 Å². The molecule has 9 heteroatoms. The van der Waals surface area contributed by atoms with E-state index >= 15 is 0 Å². The fourth-order valence-electron chi connectivity index (χ4n) is 1.23. The lowest BCUT2D eigenvalue weighted by Gasteiger charge is -2.06. The van der Waals surface area contributed by atoms with Crippen LogP contribution in [0.1, 0.15) is 10.4 Å². The van der Waals surface area contributed by atoms with Crippen LogP contribution in [0.15, 0.2) is 40.0 Å². The highest BCUT2D eigenvalue weighted by Crippen LogP contribution is 2.36. The van der Waals surface area contributed by atoms with Crippen molar-refractivity contribution in [3.05, 3.63) is 36.2 Å². The van der Waals surface area contributed by atoms with E-state index in [1.807, 2.05) is 0 Å². The Hall–Kier alpha value is -2.03. The van der Waals surface area contributed by atoms with Crippen LogP contribution in [0.4, 0.5) is 19.2 Å². The lowest BCUT2D eigenvalue weighted by atomic mass is 10.2. The molecular weight excluding hydrogens is 283 g/mol. The highest BCUT2D eigenvalue weighted by Gasteiger charge is 2.29. The van der Waals surface area contributed by atoms with Crippen LogP contribution in [0.25, 0.3) is 0 Å². The van der Waals surface area contributed by atoms with Crippen molar-refractivity contribution < 1.29 is 22.4 Å². The predicted molar refractivity (Wildman–Crippen MR) is 60.6 cm³/mol. The summed E-state index contributed by atoms with van der Waals surface area (Å²) in [6, 6.07) is 5.01. The number of alkyl halides is 3. The van der Waals surface area contributed by atoms with Crippen LogP contribution in [0, 0.1) is 0 Å². The Balaban J connectivity index is 2.12. The van der Waals surface area contributed by atoms with Crippen molar-refractivity contribution in [3.63, 3.8) is 0 Å². The number of benzene rings is 1. The molecule has 0 saturated carbocycles. The summed E-state index contributed by atoms with van der Waals surface area (Å²) in [6.07, 6.45) is 1.02. The average Bonchev–Trinajstić information content (AvgIpc) is 2.80. The highest BCUT2D eigenvalue weighted by atomic mass is 32.2. The van der Waals surface area contributed by atoms with Gasteiger partial charge >= 0.3 is 11.5 Å². The molecule has 0 aliphatic rings. The normalized spacial score (nSPS) is 11.3. The Morgan fingerprint density at radius 1 is 1.37 bits per heavy atom. The molecule has 0 spiro atoms. The highest BCUT2D eigenvalue weighted by molar-refractivity contribution is 8.00. The lowest BCUT2D eigenvalue weighted by Crippen LogP contribution is -2.12. The molecular formula is C10H6F3N3O2S. The lowest BCUT2D eigenvalue weighted by molar-refractivity contribution is -0.0328. The second kappa shape index (κ2) is 5.31. The maximum Gasteiger partial charge on any atom is 0.446 e. The van der Waals surface area contributed by atoms with E-state index in [1.54, 1.807) is 0 Å². The van der Waals surface area contributed by atoms with E-state index in [-0.39, 0.29) is 28.2 Å². The van der Waals surface area contributed by atoms with Gasteiger partial charge in [0.2, 0.25) is 6.39 Å². The van der Waals surface area contributed by atoms with Gasteiger partial charge in [0.1, 0.15) is 0 Å². The number of nitrogens with zero attached hydrogens (tertiary/aromatic N) is 2. The minimum Gasteiger partial charge on any atom is -0.411 e. The predicted octanol–water partition coefficient (Wildman–Crippen LogP) is 2.93. The van der Waals surface area contributed by atoms with Crippen LogP contribution < -0.4 is 5.32 Å². The third-order valence-corrected chi connectivity index (χ3v) is 2.63. The topological polar surface area (TPSA) is 68.0 Å². The van der Waals surface area contributed by atoms with Crippen molar-refractivity contribution in [1.82, 2.24) is 10.2 Å². The SMILES string of the molecule is O=C(Nc1nnco1)c1cccc(SC(F)(F)F)c1. The summed E-state index contributed by atoms with van der Waals surface area (Å²) in [7, 11) is 0. The first-order valence-electron chi connectivity index (χ1n) is 4.87. The quantitative estimate of drug-likeness (QED) is 0.880. The van der Waals surface area contributed by atoms with Gasteiger partial charge in [-0.3, -0.25) is 10.1 Å². The molecule has 0 bridgehead atoms. The summed E-state index contributed by atoms with van der Waals surface area (Å²) >= 11 is -0.291. The van der Waals surface area contributed by atoms with E-state index < -0.39 is 11.4 Å². The molecule has 1 aromatic heterocycles. The molecule has 5 nitrogen and oxygen atoms in total. The number of rotatable bonds is 3. The number of hydrogen-bond donors (Lipinski definition) is 1. The Morgan fingerprint density at radius 2 is 2.16 bits per heavy atom. The summed E-state index contributed by atoms with van der Waals surface area (Å²) in [5.41, 5.74) is -4.34. The van der Waals surface area contributed by atoms with Crippen LogP contribution in [0.2, 0.25) is 0 Å². The van der Waals surface area contributed by atoms with Crippen LogP contribution in [0.3, 0.4) is 0 Å². The van der Waals surface area contributed by atoms with Crippen molar-refractivity contribution in [2.24, 2.45) is 0 Å². The molecule has 2 rings (SSSR count). The standard InChI is InChI=1S/C10H6F3N3O2S/c11-10(12,13)19-7-3-1-2-6(4-7)8(17)15-9-16-14-5-18-9/h1-5H,(H,15,16,17). The Morgan fingerprint density at radius 3 is 2.79 bits per heavy atom. The van der Waals surface area contributed by atoms with Gasteiger partial charge in [0.15, 0.2) is 0 Å². The molecule has 19 heavy (non-hydrogen) atoms. The average molecular weight is 289 g/mol. The summed E-state index contributed by atoms with van der Waals surface area (Å²) in [6.45, 7) is 0. The molecule has 2 aromatic rings. The second-order valence-electron chi connectivity index (χ2n) is 3.27. The summed E-state index contributed by atoms with van der Waals surface area (Å²) in [4.78, 5) is 11.6. The number of aromatic nitrogens is 2. The molecule has 1 aromatic carbocycles. The third kappa shape index (κ3) is 3.98. The Bertz CT molecular complexity index is 572. The molecule has 1 N–H and O–H groups in total. The number of amides is 1. The largest absolute Gasteiger partial charge is 0.446 e. The van der Waals surface area contributed by atoms with Crippen molar-refractivity contribution >= 4 is 23.7 Å². The van der Waals surface area contributed by atoms with Gasteiger partial charge in [-0.2, -0.15) is 13.2 Å². The van der Waals surface area contributed by atoms with Gasteiger partial charge in [-0.05, 0) is 30.0 Å². The smallest absolute Gasteiger partial charge is 0.411 e. The minimum atomic E-state index is -4.40. The van der Waals surface area contributed by atoms with Gasteiger partial charge in [-0.1, -0.05) is 11.2 Å². The monoisotopic (exact) mass is 289 g/mol. The van der Waals surface area contributed by atoms with E-state index in [4.69, 9.17) is 4.42 Å². The van der Waals surface area contributed by atoms with E-state index in [1.165, 1.54) is 18.2 Å². The number of thioether (sulfide) groups is 1. The van der Waals surface area contributed by atoms with Gasteiger partial charge in [0, 0.05) is 10.5 Å². The van der Waals surface area contributed by atoms with Crippen LogP contribution in [-0.4, -0.2) is 21.6 Å². The van der Waals surface area contributed by atoms with E-state index in [9.17, 15) is 18.0 Å². The summed E-state index contributed by atoms with van der Waals surface area (Å²) < 4.78 is 41.3. The molecule has 0 saturated heterocycles. The Kier molecular flexibility index (Phi) is 3.74. The summed E-state index contributed by atoms with van der Waals surface area (Å²) in [5.74, 6) is -0.631. The molecule has 0 unspecified atom stereocenters. The molecule has 100 valence electrons. The first-order valence-corrected chi connectivity index (χ1v) is 5.69. The van der Waals surface area contributed by atoms with Gasteiger partial charge in [0.05, 0.1) is 0 Å². The molecule has 1 amide bonds. The zero-order valence-corrected chi connectivity index (χ0v) is 9.96. The van der Waals surface area contributed by atoms with Crippen LogP contribution in [0.5, 0.6) is 0 Å². The molecule has 0 radical (unpaired) electrons. The fraction of sp³-hybridized carbons (Fsp3) is 0.100. The van der Waals surface area contributed by atoms with Crippen LogP contribution >= 0.6 is 11.8 Å². The molecule has 0 fully saturated rings. The van der Waals surface area contributed by atoms with Crippen molar-refractivity contribution in [2.75, 3.05) is 5.32 Å². The van der Waals surface area contributed by atoms with Crippen molar-refractivity contribution in [2.45, 2.75) is 10.4 Å². The van der Waals surface area contributed by atoms with E-state index in [0.717, 1.165) is 12.5 Å². The number of anilines is 1. The number of carbonyl (C=O) groups excluding carboxylic acids is 1. The van der Waals surface area contributed by atoms with Gasteiger partial charge in [-0.15, -0.1) is 5.10 Å². The Labute approximate surface area is 109 Å². The number of nitrogens with one attached hydrogen (secondary N) is 1. The third-order valence-electron chi connectivity index (χ3n) is 1.91. The molecule has 0 aliphatic heterocycles. The number of halogens is 3. The molecule has 0 atom stereocenters. The van der Waals surface area contributed by atoms with Gasteiger partial charge in [-0.25, -0.2) is 0 Å². The van der Waals surface area contributed by atoms with Crippen molar-refractivity contribution in [3.8, 4) is 0 Å². The van der Waals surface area contributed by atoms with Gasteiger partial charge < -0.3 is 4.42 Å². The fourth-order valence-corrected chi connectivity index (χ4v) is 1.83. The number of hydrogen-bond acceptors (Lipinski definition) is 5. The van der Waals surface area contributed by atoms with Crippen LogP contribution in [-0.2, 0) is 0 Å². The first kappa shape index (κ1) is 13.4. The van der Waals surface area contributed by atoms with Gasteiger partial charge in [0.25, 0.3) is 5.91 Å². The summed E-state index contributed by atoms with van der Waals surface area (Å²) in [5, 5.41) is 9.04. The van der Waals surface area contributed by atoms with E-state index in [0.29, 0.717) is 0 Å². The maximum atomic E-state index is 12.2. The number of carbonyl (C=O) groups is 1. The maximum absolute atomic E-state index is 12.2. The zero-order valence-electron chi connectivity index (χ0n) is 9.14. The molecule has 1 heterocycles. The van der Waals surface area contributed by atoms with Crippen molar-refractivity contribution in [1.29, 1.82) is 0 Å². The second-order valence-corrected chi connectivity index (χ2v) is 4.41. The zero-order chi connectivity index (χ0) is 13.9. The first-order chi connectivity index (χ1) is 8.94. The minimum absolute atomic E-state index is 0.0625. The molecule has 0 aliphatic carbocycles.